The van der Waals surface area contributed by atoms with Crippen molar-refractivity contribution in [3.63, 3.8) is 0 Å². The molecule has 41 heavy (non-hydrogen) atoms. The molecule has 0 saturated heterocycles. The molecule has 2 aromatic carbocycles. The van der Waals surface area contributed by atoms with E-state index < -0.39 is 39.9 Å². The van der Waals surface area contributed by atoms with Crippen LogP contribution in [0.2, 0.25) is 0 Å². The molecule has 0 aromatic heterocycles. The van der Waals surface area contributed by atoms with Crippen molar-refractivity contribution in [1.82, 2.24) is 0 Å². The van der Waals surface area contributed by atoms with Gasteiger partial charge in [-0.1, -0.05) is 0 Å². The van der Waals surface area contributed by atoms with Crippen LogP contribution in [0.25, 0.3) is 0 Å². The van der Waals surface area contributed by atoms with Gasteiger partial charge in [-0.25, -0.2) is 0 Å². The number of nitrogens with one attached hydrogen (secondary N) is 2. The summed E-state index contributed by atoms with van der Waals surface area (Å²) in [5.74, 6) is -2.64. The first-order chi connectivity index (χ1) is 19.6. The molecule has 2 N–H and O–H groups in total. The van der Waals surface area contributed by atoms with Crippen molar-refractivity contribution in [3.8, 4) is 0 Å². The molecule has 2 aliphatic rings. The Morgan fingerprint density at radius 3 is 1.34 bits per heavy atom. The van der Waals surface area contributed by atoms with E-state index in [4.69, 9.17) is 0 Å². The zero-order chi connectivity index (χ0) is 29.9. The fourth-order valence-corrected chi connectivity index (χ4v) is 14.6. The van der Waals surface area contributed by atoms with Crippen LogP contribution in [0.5, 0.6) is 0 Å². The van der Waals surface area contributed by atoms with Crippen LogP contribution in [-0.2, 0) is 16.6 Å². The van der Waals surface area contributed by atoms with Gasteiger partial charge in [0.15, 0.2) is 0 Å². The molecule has 4 rings (SSSR count). The number of allylic oxidation sites excluding steroid dienone is 8. The first-order valence-electron chi connectivity index (χ1n) is 14.8. The van der Waals surface area contributed by atoms with Crippen molar-refractivity contribution in [1.29, 1.82) is 0 Å². The van der Waals surface area contributed by atoms with Crippen LogP contribution in [0.3, 0.4) is 0 Å². The number of anilines is 2. The van der Waals surface area contributed by atoms with Crippen molar-refractivity contribution in [3.05, 3.63) is 91.7 Å². The number of benzene rings is 2. The number of rotatable bonds is 12. The molecule has 220 valence electrons. The van der Waals surface area contributed by atoms with Gasteiger partial charge in [-0.3, -0.25) is 0 Å². The molecule has 2 unspecified atom stereocenters. The third-order valence-electron chi connectivity index (χ3n) is 8.61. The van der Waals surface area contributed by atoms with E-state index in [1.54, 1.807) is 0 Å². The van der Waals surface area contributed by atoms with Crippen LogP contribution < -0.4 is 18.4 Å². The van der Waals surface area contributed by atoms with Gasteiger partial charge in [0.1, 0.15) is 0 Å². The predicted octanol–water partition coefficient (Wildman–Crippen LogP) is 8.73. The Morgan fingerprint density at radius 1 is 0.659 bits per heavy atom. The molecular formula is C34H42F4N2Ti. The van der Waals surface area contributed by atoms with Crippen LogP contribution in [0, 0.1) is 35.1 Å². The number of hydrogen-bond donors (Lipinski definition) is 2. The summed E-state index contributed by atoms with van der Waals surface area (Å²) < 4.78 is 67.4. The van der Waals surface area contributed by atoms with Gasteiger partial charge in [0.05, 0.1) is 0 Å². The van der Waals surface area contributed by atoms with E-state index in [0.717, 1.165) is 12.8 Å². The molecular weight excluding hydrogens is 560 g/mol. The van der Waals surface area contributed by atoms with Gasteiger partial charge in [-0.2, -0.15) is 0 Å². The molecule has 2 nitrogen and oxygen atoms in total. The van der Waals surface area contributed by atoms with Crippen molar-refractivity contribution >= 4 is 19.1 Å². The fourth-order valence-electron chi connectivity index (χ4n) is 6.32. The SMILES string of the molecule is CCC(Nc1ccc(F)[c]([Ti]([C]2=CC=CC2)([C]2=CC=CC2)[c]2c(F)ccc(NC(CC)C(C)C)c2F)c1F)C(C)C. The van der Waals surface area contributed by atoms with Crippen LogP contribution >= 0.6 is 0 Å². The molecule has 2 aliphatic carbocycles. The standard InChI is InChI=1S/2C12H16F2N.2C5H5.Ti/c2*1-4-11(8(2)3)15-12-6-5-9(13)7-10(12)14;2*1-2-4-5-3-1;/h2*5-6,8,11,15H,4H2,1-3H3;2*1-3H,4H2;. The molecule has 0 heterocycles. The number of halogens is 4. The predicted molar refractivity (Wildman–Crippen MR) is 161 cm³/mol. The molecule has 0 radical (unpaired) electrons. The molecule has 0 aliphatic heterocycles. The third kappa shape index (κ3) is 5.88. The summed E-state index contributed by atoms with van der Waals surface area (Å²) in [6, 6.07) is 5.23. The molecule has 0 saturated carbocycles. The topological polar surface area (TPSA) is 24.1 Å². The minimum absolute atomic E-state index is 0.0487. The van der Waals surface area contributed by atoms with E-state index in [9.17, 15) is 0 Å². The van der Waals surface area contributed by atoms with Crippen molar-refractivity contribution in [2.75, 3.05) is 10.6 Å². The van der Waals surface area contributed by atoms with Crippen LogP contribution in [0.15, 0.2) is 68.5 Å². The zero-order valence-corrected chi connectivity index (χ0v) is 26.5. The average molecular weight is 603 g/mol. The first kappa shape index (κ1) is 31.4. The summed E-state index contributed by atoms with van der Waals surface area (Å²) in [4.78, 5) is 0. The first-order valence-corrected chi connectivity index (χ1v) is 17.9. The van der Waals surface area contributed by atoms with Gasteiger partial charge in [-0.05, 0) is 0 Å². The van der Waals surface area contributed by atoms with E-state index in [1.807, 2.05) is 78.0 Å². The Morgan fingerprint density at radius 2 is 1.05 bits per heavy atom. The van der Waals surface area contributed by atoms with Crippen molar-refractivity contribution in [2.24, 2.45) is 11.8 Å². The van der Waals surface area contributed by atoms with E-state index >= 15 is 17.6 Å². The maximum absolute atomic E-state index is 16.9. The van der Waals surface area contributed by atoms with Crippen LogP contribution in [0.4, 0.5) is 28.9 Å². The Labute approximate surface area is 246 Å². The quantitative estimate of drug-likeness (QED) is 0.188. The van der Waals surface area contributed by atoms with E-state index in [2.05, 4.69) is 10.6 Å². The second-order valence-corrected chi connectivity index (χ2v) is 17.7. The van der Waals surface area contributed by atoms with Gasteiger partial charge in [-0.15, -0.1) is 0 Å². The summed E-state index contributed by atoms with van der Waals surface area (Å²) in [7, 11) is 0. The molecule has 7 heteroatoms. The number of hydrogen-bond acceptors (Lipinski definition) is 2. The molecule has 0 amide bonds. The Kier molecular flexibility index (Phi) is 10.1. The van der Waals surface area contributed by atoms with Gasteiger partial charge < -0.3 is 0 Å². The van der Waals surface area contributed by atoms with E-state index in [1.165, 1.54) is 24.3 Å². The van der Waals surface area contributed by atoms with Crippen LogP contribution in [-0.4, -0.2) is 12.1 Å². The monoisotopic (exact) mass is 602 g/mol. The molecule has 0 fully saturated rings. The van der Waals surface area contributed by atoms with Crippen LogP contribution in [0.1, 0.15) is 67.2 Å². The normalized spacial score (nSPS) is 16.4. The Hall–Kier alpha value is -2.57. The van der Waals surface area contributed by atoms with E-state index in [0.29, 0.717) is 20.6 Å². The Bertz CT molecular complexity index is 1280. The summed E-state index contributed by atoms with van der Waals surface area (Å²) in [6.07, 6.45) is 13.3. The van der Waals surface area contributed by atoms with Crippen molar-refractivity contribution < 1.29 is 34.2 Å². The third-order valence-corrected chi connectivity index (χ3v) is 16.5. The molecule has 0 bridgehead atoms. The van der Waals surface area contributed by atoms with Gasteiger partial charge in [0.2, 0.25) is 0 Å². The summed E-state index contributed by atoms with van der Waals surface area (Å²) >= 11 is -4.87. The molecule has 2 atom stereocenters. The average Bonchev–Trinajstić information content (AvgIpc) is 3.66. The van der Waals surface area contributed by atoms with Gasteiger partial charge >= 0.3 is 247 Å². The maximum atomic E-state index is 16.9. The minimum atomic E-state index is -4.87. The van der Waals surface area contributed by atoms with E-state index in [-0.39, 0.29) is 43.0 Å². The fraction of sp³-hybridized carbons (Fsp3) is 0.412. The molecule has 0 spiro atoms. The summed E-state index contributed by atoms with van der Waals surface area (Å²) in [5.41, 5.74) is 0.326. The molecule has 2 aromatic rings. The zero-order valence-electron chi connectivity index (χ0n) is 24.9. The second-order valence-electron chi connectivity index (χ2n) is 11.8. The second kappa shape index (κ2) is 13.2. The summed E-state index contributed by atoms with van der Waals surface area (Å²) in [5, 5.41) is 6.55. The Balaban J connectivity index is 2.07. The van der Waals surface area contributed by atoms with Gasteiger partial charge in [0, 0.05) is 0 Å². The van der Waals surface area contributed by atoms with Crippen molar-refractivity contribution in [2.45, 2.75) is 79.3 Å². The van der Waals surface area contributed by atoms with Gasteiger partial charge in [0.25, 0.3) is 0 Å². The summed E-state index contributed by atoms with van der Waals surface area (Å²) in [6.45, 7) is 12.2.